The third kappa shape index (κ3) is 3.06. The molecule has 94 valence electrons. The van der Waals surface area contributed by atoms with E-state index in [1.54, 1.807) is 5.32 Å². The van der Waals surface area contributed by atoms with E-state index in [9.17, 15) is 23.1 Å². The second-order valence-electron chi connectivity index (χ2n) is 3.60. The summed E-state index contributed by atoms with van der Waals surface area (Å²) in [6.45, 7) is 1.39. The second kappa shape index (κ2) is 4.56. The lowest BCUT2D eigenvalue weighted by Crippen LogP contribution is -2.56. The van der Waals surface area contributed by atoms with Crippen LogP contribution in [0.2, 0.25) is 0 Å². The first-order chi connectivity index (χ1) is 7.21. The van der Waals surface area contributed by atoms with Crippen molar-refractivity contribution in [2.45, 2.75) is 44.1 Å². The van der Waals surface area contributed by atoms with E-state index in [1.165, 1.54) is 6.92 Å². The van der Waals surface area contributed by atoms with Gasteiger partial charge in [0, 0.05) is 6.42 Å². The van der Waals surface area contributed by atoms with Crippen molar-refractivity contribution >= 4 is 5.91 Å². The summed E-state index contributed by atoms with van der Waals surface area (Å²) in [6, 6.07) is -1.17. The third-order valence-corrected chi connectivity index (χ3v) is 2.29. The molecule has 1 aliphatic rings. The summed E-state index contributed by atoms with van der Waals surface area (Å²) in [7, 11) is 0. The van der Waals surface area contributed by atoms with Crippen molar-refractivity contribution in [3.63, 3.8) is 0 Å². The summed E-state index contributed by atoms with van der Waals surface area (Å²) in [5.74, 6) is -2.14. The van der Waals surface area contributed by atoms with Crippen LogP contribution in [-0.2, 0) is 9.53 Å². The zero-order chi connectivity index (χ0) is 12.5. The predicted molar refractivity (Wildman–Crippen MR) is 45.2 cm³/mol. The van der Waals surface area contributed by atoms with E-state index < -0.39 is 36.6 Å². The monoisotopic (exact) mass is 243 g/mol. The molecule has 1 fully saturated rings. The van der Waals surface area contributed by atoms with Crippen molar-refractivity contribution in [3.05, 3.63) is 0 Å². The summed E-state index contributed by atoms with van der Waals surface area (Å²) in [5, 5.41) is 20.2. The molecule has 5 nitrogen and oxygen atoms in total. The van der Waals surface area contributed by atoms with Crippen LogP contribution >= 0.6 is 0 Å². The van der Waals surface area contributed by atoms with Crippen LogP contribution in [0.1, 0.15) is 13.3 Å². The molecule has 0 bridgehead atoms. The number of ether oxygens (including phenoxy) is 1. The van der Waals surface area contributed by atoms with Crippen LogP contribution in [-0.4, -0.2) is 46.8 Å². The van der Waals surface area contributed by atoms with Crippen LogP contribution < -0.4 is 5.32 Å². The largest absolute Gasteiger partial charge is 0.471 e. The SMILES string of the molecule is C[C@@H]1O[C@H](O)C[C@@H](NC(=O)C(F)(F)F)[C@H]1O. The lowest BCUT2D eigenvalue weighted by Gasteiger charge is -2.36. The van der Waals surface area contributed by atoms with E-state index in [0.717, 1.165) is 0 Å². The van der Waals surface area contributed by atoms with Gasteiger partial charge in [-0.2, -0.15) is 13.2 Å². The van der Waals surface area contributed by atoms with Gasteiger partial charge in [-0.3, -0.25) is 4.79 Å². The van der Waals surface area contributed by atoms with Gasteiger partial charge in [0.15, 0.2) is 6.29 Å². The van der Waals surface area contributed by atoms with E-state index in [1.807, 2.05) is 0 Å². The summed E-state index contributed by atoms with van der Waals surface area (Å²) >= 11 is 0. The number of nitrogens with one attached hydrogen (secondary N) is 1. The molecular formula is C8H12F3NO4. The van der Waals surface area contributed by atoms with Gasteiger partial charge in [-0.05, 0) is 6.92 Å². The summed E-state index contributed by atoms with van der Waals surface area (Å²) in [5.41, 5.74) is 0. The van der Waals surface area contributed by atoms with Crippen molar-refractivity contribution < 1.29 is 32.9 Å². The first-order valence-electron chi connectivity index (χ1n) is 4.61. The Hall–Kier alpha value is -0.860. The number of carbonyl (C=O) groups is 1. The number of aliphatic hydroxyl groups is 2. The molecule has 0 spiro atoms. The molecule has 0 radical (unpaired) electrons. The number of halogens is 3. The van der Waals surface area contributed by atoms with Crippen LogP contribution in [0.3, 0.4) is 0 Å². The molecule has 0 aromatic heterocycles. The van der Waals surface area contributed by atoms with Gasteiger partial charge in [0.2, 0.25) is 0 Å². The average molecular weight is 243 g/mol. The Morgan fingerprint density at radius 3 is 2.50 bits per heavy atom. The number of rotatable bonds is 1. The number of hydrogen-bond donors (Lipinski definition) is 3. The van der Waals surface area contributed by atoms with E-state index in [4.69, 9.17) is 9.84 Å². The van der Waals surface area contributed by atoms with Gasteiger partial charge < -0.3 is 20.3 Å². The van der Waals surface area contributed by atoms with E-state index >= 15 is 0 Å². The summed E-state index contributed by atoms with van der Waals surface area (Å²) in [4.78, 5) is 10.6. The number of alkyl halides is 3. The van der Waals surface area contributed by atoms with Crippen LogP contribution in [0.5, 0.6) is 0 Å². The molecule has 0 aromatic carbocycles. The Balaban J connectivity index is 2.62. The van der Waals surface area contributed by atoms with Crippen LogP contribution in [0, 0.1) is 0 Å². The number of hydrogen-bond acceptors (Lipinski definition) is 4. The number of amides is 1. The highest BCUT2D eigenvalue weighted by molar-refractivity contribution is 5.82. The predicted octanol–water partition coefficient (Wildman–Crippen LogP) is -0.478. The smallest absolute Gasteiger partial charge is 0.388 e. The van der Waals surface area contributed by atoms with Gasteiger partial charge in [-0.15, -0.1) is 0 Å². The molecule has 16 heavy (non-hydrogen) atoms. The third-order valence-electron chi connectivity index (χ3n) is 2.29. The van der Waals surface area contributed by atoms with Crippen molar-refractivity contribution in [2.75, 3.05) is 0 Å². The molecule has 0 aliphatic carbocycles. The van der Waals surface area contributed by atoms with Crippen molar-refractivity contribution in [2.24, 2.45) is 0 Å². The fourth-order valence-corrected chi connectivity index (χ4v) is 1.46. The Morgan fingerprint density at radius 2 is 2.00 bits per heavy atom. The average Bonchev–Trinajstić information content (AvgIpc) is 2.11. The maximum absolute atomic E-state index is 11.9. The minimum absolute atomic E-state index is 0.284. The number of carbonyl (C=O) groups excluding carboxylic acids is 1. The standard InChI is InChI=1S/C8H12F3NO4/c1-3-6(14)4(2-5(13)16-3)12-7(15)8(9,10)11/h3-6,13-14H,2H2,1H3,(H,12,15)/t3-,4+,5-,6-/m0/s1. The molecule has 1 amide bonds. The summed E-state index contributed by atoms with van der Waals surface area (Å²) < 4.78 is 40.6. The zero-order valence-electron chi connectivity index (χ0n) is 8.36. The van der Waals surface area contributed by atoms with Crippen molar-refractivity contribution in [3.8, 4) is 0 Å². The van der Waals surface area contributed by atoms with E-state index in [-0.39, 0.29) is 6.42 Å². The fourth-order valence-electron chi connectivity index (χ4n) is 1.46. The topological polar surface area (TPSA) is 78.8 Å². The highest BCUT2D eigenvalue weighted by Gasteiger charge is 2.43. The van der Waals surface area contributed by atoms with Gasteiger partial charge >= 0.3 is 12.1 Å². The normalized spacial score (nSPS) is 35.9. The van der Waals surface area contributed by atoms with Crippen molar-refractivity contribution in [1.82, 2.24) is 5.32 Å². The first-order valence-corrected chi connectivity index (χ1v) is 4.61. The van der Waals surface area contributed by atoms with Crippen LogP contribution in [0.4, 0.5) is 13.2 Å². The lowest BCUT2D eigenvalue weighted by atomic mass is 9.99. The minimum atomic E-state index is -5.01. The molecule has 4 atom stereocenters. The van der Waals surface area contributed by atoms with E-state index in [0.29, 0.717) is 0 Å². The highest BCUT2D eigenvalue weighted by atomic mass is 19.4. The zero-order valence-corrected chi connectivity index (χ0v) is 8.36. The summed E-state index contributed by atoms with van der Waals surface area (Å²) in [6.07, 6.45) is -8.71. The Kier molecular flexibility index (Phi) is 3.76. The van der Waals surface area contributed by atoms with Gasteiger partial charge in [-0.25, -0.2) is 0 Å². The Bertz CT molecular complexity index is 270. The van der Waals surface area contributed by atoms with Gasteiger partial charge in [0.05, 0.1) is 12.1 Å². The molecule has 1 heterocycles. The van der Waals surface area contributed by atoms with Crippen LogP contribution in [0.15, 0.2) is 0 Å². The molecular weight excluding hydrogens is 231 g/mol. The highest BCUT2D eigenvalue weighted by Crippen LogP contribution is 2.21. The van der Waals surface area contributed by atoms with Gasteiger partial charge in [-0.1, -0.05) is 0 Å². The Labute approximate surface area is 89.2 Å². The van der Waals surface area contributed by atoms with Gasteiger partial charge in [0.1, 0.15) is 6.10 Å². The molecule has 0 unspecified atom stereocenters. The number of aliphatic hydroxyl groups excluding tert-OH is 2. The quantitative estimate of drug-likeness (QED) is 0.581. The van der Waals surface area contributed by atoms with Crippen LogP contribution in [0.25, 0.3) is 0 Å². The molecule has 3 N–H and O–H groups in total. The first kappa shape index (κ1) is 13.2. The van der Waals surface area contributed by atoms with Gasteiger partial charge in [0.25, 0.3) is 0 Å². The van der Waals surface area contributed by atoms with E-state index in [2.05, 4.69) is 0 Å². The minimum Gasteiger partial charge on any atom is -0.388 e. The molecule has 0 saturated carbocycles. The van der Waals surface area contributed by atoms with Crippen molar-refractivity contribution in [1.29, 1.82) is 0 Å². The fraction of sp³-hybridized carbons (Fsp3) is 0.875. The molecule has 1 aliphatic heterocycles. The second-order valence-corrected chi connectivity index (χ2v) is 3.60. The lowest BCUT2D eigenvalue weighted by molar-refractivity contribution is -0.207. The Morgan fingerprint density at radius 1 is 1.44 bits per heavy atom. The maximum atomic E-state index is 11.9. The molecule has 8 heteroatoms. The molecule has 0 aromatic rings. The maximum Gasteiger partial charge on any atom is 0.471 e. The molecule has 1 saturated heterocycles. The molecule has 1 rings (SSSR count).